The average molecular weight is 519 g/mol. The molecule has 0 aliphatic carbocycles. The smallest absolute Gasteiger partial charge is 0.340 e. The van der Waals surface area contributed by atoms with E-state index in [1.54, 1.807) is 14.2 Å². The number of aromatic nitrogens is 1. The van der Waals surface area contributed by atoms with Crippen molar-refractivity contribution in [3.05, 3.63) is 52.1 Å². The Morgan fingerprint density at radius 2 is 1.70 bits per heavy atom. The number of likely N-dealkylation sites (N-methyl/N-ethyl adjacent to an activating group) is 1. The Labute approximate surface area is 203 Å². The number of hydrogen-bond acceptors (Lipinski definition) is 6. The highest BCUT2D eigenvalue weighted by molar-refractivity contribution is 9.10. The molecule has 7 nitrogen and oxygen atoms in total. The maximum atomic E-state index is 13.3. The maximum Gasteiger partial charge on any atom is 0.340 e. The summed E-state index contributed by atoms with van der Waals surface area (Å²) in [5.74, 6) is 1.71. The molecule has 0 spiro atoms. The minimum absolute atomic E-state index is 0.206. The van der Waals surface area contributed by atoms with Gasteiger partial charge in [0.2, 0.25) is 0 Å². The summed E-state index contributed by atoms with van der Waals surface area (Å²) >= 11 is 3.54. The number of esters is 1. The van der Waals surface area contributed by atoms with Crippen molar-refractivity contribution in [1.82, 2.24) is 9.47 Å². The van der Waals surface area contributed by atoms with Gasteiger partial charge in [0.05, 0.1) is 35.5 Å². The van der Waals surface area contributed by atoms with E-state index in [2.05, 4.69) is 34.7 Å². The molecule has 0 fully saturated rings. The van der Waals surface area contributed by atoms with E-state index in [0.717, 1.165) is 39.9 Å². The zero-order chi connectivity index (χ0) is 24.0. The van der Waals surface area contributed by atoms with E-state index in [0.29, 0.717) is 30.2 Å². The highest BCUT2D eigenvalue weighted by Crippen LogP contribution is 2.35. The normalized spacial score (nSPS) is 11.1. The fourth-order valence-corrected chi connectivity index (χ4v) is 4.24. The molecule has 178 valence electrons. The minimum Gasteiger partial charge on any atom is -0.497 e. The second kappa shape index (κ2) is 11.4. The molecule has 3 rings (SSSR count). The molecular formula is C25H31BrN2O5. The van der Waals surface area contributed by atoms with E-state index < -0.39 is 0 Å². The Balaban J connectivity index is 1.94. The van der Waals surface area contributed by atoms with Gasteiger partial charge >= 0.3 is 5.97 Å². The molecule has 3 aromatic rings. The van der Waals surface area contributed by atoms with Crippen LogP contribution in [0.3, 0.4) is 0 Å². The maximum absolute atomic E-state index is 13.3. The molecule has 1 heterocycles. The second-order valence-corrected chi connectivity index (χ2v) is 8.37. The highest BCUT2D eigenvalue weighted by Gasteiger charge is 2.24. The fourth-order valence-electron chi connectivity index (χ4n) is 3.75. The molecule has 0 unspecified atom stereocenters. The summed E-state index contributed by atoms with van der Waals surface area (Å²) in [6, 6.07) is 11.1. The van der Waals surface area contributed by atoms with E-state index in [4.69, 9.17) is 18.9 Å². The molecular weight excluding hydrogens is 488 g/mol. The molecule has 0 N–H and O–H groups in total. The number of nitrogens with zero attached hydrogens (tertiary/aromatic N) is 2. The standard InChI is InChI=1S/C25H31BrN2O5/c1-6-28(7-2)12-13-32-25(29)24-19-14-23(31-5)20(26)15-21(19)27(3)22(24)16-33-18-10-8-17(30-4)9-11-18/h8-11,14-15H,6-7,12-13,16H2,1-5H3. The number of carbonyl (C=O) groups is 1. The number of halogens is 1. The van der Waals surface area contributed by atoms with Crippen molar-refractivity contribution in [3.8, 4) is 17.2 Å². The van der Waals surface area contributed by atoms with Gasteiger partial charge in [0.25, 0.3) is 0 Å². The van der Waals surface area contributed by atoms with Gasteiger partial charge in [0, 0.05) is 19.0 Å². The van der Waals surface area contributed by atoms with Crippen LogP contribution in [0.2, 0.25) is 0 Å². The summed E-state index contributed by atoms with van der Waals surface area (Å²) in [5.41, 5.74) is 2.10. The lowest BCUT2D eigenvalue weighted by Crippen LogP contribution is -2.28. The molecule has 0 amide bonds. The summed E-state index contributed by atoms with van der Waals surface area (Å²) in [7, 11) is 5.14. The van der Waals surface area contributed by atoms with Crippen LogP contribution >= 0.6 is 15.9 Å². The monoisotopic (exact) mass is 518 g/mol. The highest BCUT2D eigenvalue weighted by atomic mass is 79.9. The van der Waals surface area contributed by atoms with Gasteiger partial charge in [0.15, 0.2) is 0 Å². The molecule has 0 saturated heterocycles. The zero-order valence-electron chi connectivity index (χ0n) is 19.8. The number of rotatable bonds is 11. The van der Waals surface area contributed by atoms with Gasteiger partial charge in [-0.25, -0.2) is 4.79 Å². The van der Waals surface area contributed by atoms with Crippen molar-refractivity contribution in [3.63, 3.8) is 0 Å². The van der Waals surface area contributed by atoms with Crippen LogP contribution in [-0.4, -0.2) is 55.9 Å². The first-order valence-corrected chi connectivity index (χ1v) is 11.7. The van der Waals surface area contributed by atoms with Crippen molar-refractivity contribution in [2.75, 3.05) is 40.5 Å². The quantitative estimate of drug-likeness (QED) is 0.331. The second-order valence-electron chi connectivity index (χ2n) is 7.51. The first-order valence-electron chi connectivity index (χ1n) is 10.9. The number of benzene rings is 2. The van der Waals surface area contributed by atoms with Gasteiger partial charge in [-0.15, -0.1) is 0 Å². The van der Waals surface area contributed by atoms with E-state index in [1.807, 2.05) is 48.0 Å². The van der Waals surface area contributed by atoms with Gasteiger partial charge in [0.1, 0.15) is 30.5 Å². The molecule has 0 atom stereocenters. The first-order chi connectivity index (χ1) is 15.9. The van der Waals surface area contributed by atoms with Crippen LogP contribution in [0.1, 0.15) is 29.9 Å². The molecule has 0 aliphatic rings. The van der Waals surface area contributed by atoms with Crippen LogP contribution in [0.4, 0.5) is 0 Å². The number of aryl methyl sites for hydroxylation is 1. The lowest BCUT2D eigenvalue weighted by molar-refractivity contribution is 0.0465. The summed E-state index contributed by atoms with van der Waals surface area (Å²) in [6.45, 7) is 7.23. The Kier molecular flexibility index (Phi) is 8.63. The third-order valence-corrected chi connectivity index (χ3v) is 6.39. The predicted molar refractivity (Wildman–Crippen MR) is 133 cm³/mol. The molecule has 0 radical (unpaired) electrons. The van der Waals surface area contributed by atoms with Crippen molar-refractivity contribution >= 4 is 32.8 Å². The Hall–Kier alpha value is -2.71. The van der Waals surface area contributed by atoms with Crippen LogP contribution in [0.15, 0.2) is 40.9 Å². The topological polar surface area (TPSA) is 62.2 Å². The number of ether oxygens (including phenoxy) is 4. The molecule has 0 bridgehead atoms. The Morgan fingerprint density at radius 3 is 2.30 bits per heavy atom. The van der Waals surface area contributed by atoms with E-state index in [-0.39, 0.29) is 12.6 Å². The number of methoxy groups -OCH3 is 2. The molecule has 2 aromatic carbocycles. The van der Waals surface area contributed by atoms with Gasteiger partial charge in [-0.3, -0.25) is 0 Å². The molecule has 1 aromatic heterocycles. The van der Waals surface area contributed by atoms with Gasteiger partial charge in [-0.1, -0.05) is 13.8 Å². The van der Waals surface area contributed by atoms with Gasteiger partial charge < -0.3 is 28.4 Å². The summed E-state index contributed by atoms with van der Waals surface area (Å²) in [4.78, 5) is 15.5. The van der Waals surface area contributed by atoms with Crippen LogP contribution in [-0.2, 0) is 18.4 Å². The minimum atomic E-state index is -0.370. The molecule has 0 saturated carbocycles. The predicted octanol–water partition coefficient (Wildman–Crippen LogP) is 5.04. The Bertz CT molecular complexity index is 1090. The summed E-state index contributed by atoms with van der Waals surface area (Å²) < 4.78 is 25.2. The van der Waals surface area contributed by atoms with E-state index >= 15 is 0 Å². The van der Waals surface area contributed by atoms with Crippen molar-refractivity contribution in [2.24, 2.45) is 7.05 Å². The van der Waals surface area contributed by atoms with E-state index in [1.165, 1.54) is 0 Å². The largest absolute Gasteiger partial charge is 0.497 e. The SMILES string of the molecule is CCN(CC)CCOC(=O)c1c(COc2ccc(OC)cc2)n(C)c2cc(Br)c(OC)cc12. The lowest BCUT2D eigenvalue weighted by Gasteiger charge is -2.17. The zero-order valence-corrected chi connectivity index (χ0v) is 21.4. The third kappa shape index (κ3) is 5.62. The van der Waals surface area contributed by atoms with Crippen LogP contribution in [0, 0.1) is 0 Å². The van der Waals surface area contributed by atoms with Gasteiger partial charge in [-0.2, -0.15) is 0 Å². The van der Waals surface area contributed by atoms with Crippen LogP contribution < -0.4 is 14.2 Å². The van der Waals surface area contributed by atoms with Crippen molar-refractivity contribution < 1.29 is 23.7 Å². The fraction of sp³-hybridized carbons (Fsp3) is 0.400. The van der Waals surface area contributed by atoms with Gasteiger partial charge in [-0.05, 0) is 65.4 Å². The summed E-state index contributed by atoms with van der Waals surface area (Å²) in [5, 5.41) is 0.763. The lowest BCUT2D eigenvalue weighted by atomic mass is 10.1. The average Bonchev–Trinajstić information content (AvgIpc) is 3.10. The van der Waals surface area contributed by atoms with Crippen molar-refractivity contribution in [2.45, 2.75) is 20.5 Å². The molecule has 8 heteroatoms. The summed E-state index contributed by atoms with van der Waals surface area (Å²) in [6.07, 6.45) is 0. The number of carbonyl (C=O) groups excluding carboxylic acids is 1. The van der Waals surface area contributed by atoms with Crippen LogP contribution in [0.25, 0.3) is 10.9 Å². The first kappa shape index (κ1) is 24.9. The van der Waals surface area contributed by atoms with Crippen LogP contribution in [0.5, 0.6) is 17.2 Å². The van der Waals surface area contributed by atoms with Crippen molar-refractivity contribution in [1.29, 1.82) is 0 Å². The number of hydrogen-bond donors (Lipinski definition) is 0. The number of fused-ring (bicyclic) bond motifs is 1. The molecule has 33 heavy (non-hydrogen) atoms. The van der Waals surface area contributed by atoms with E-state index in [9.17, 15) is 4.79 Å². The molecule has 0 aliphatic heterocycles. The third-order valence-electron chi connectivity index (χ3n) is 5.77. The Morgan fingerprint density at radius 1 is 1.03 bits per heavy atom.